The van der Waals surface area contributed by atoms with Crippen LogP contribution in [-0.4, -0.2) is 14.1 Å². The maximum atomic E-state index is 3.52. The maximum Gasteiger partial charge on any atom is 0.0400 e. The van der Waals surface area contributed by atoms with Crippen molar-refractivity contribution >= 4 is 11.4 Å². The van der Waals surface area contributed by atoms with Gasteiger partial charge < -0.3 is 10.2 Å². The first kappa shape index (κ1) is 13.0. The van der Waals surface area contributed by atoms with E-state index < -0.39 is 0 Å². The Morgan fingerprint density at radius 1 is 1.05 bits per heavy atom. The summed E-state index contributed by atoms with van der Waals surface area (Å²) in [5, 5.41) is 3.52. The van der Waals surface area contributed by atoms with E-state index in [0.717, 1.165) is 12.5 Å². The first-order valence-electron chi connectivity index (χ1n) is 7.32. The molecule has 0 unspecified atom stereocenters. The van der Waals surface area contributed by atoms with E-state index in [0.29, 0.717) is 0 Å². The summed E-state index contributed by atoms with van der Waals surface area (Å²) in [4.78, 5) is 2.12. The van der Waals surface area contributed by atoms with Crippen LogP contribution in [0, 0.1) is 0 Å². The minimum Gasteiger partial charge on any atom is -0.381 e. The van der Waals surface area contributed by atoms with Crippen molar-refractivity contribution in [2.45, 2.75) is 25.3 Å². The highest BCUT2D eigenvalue weighted by molar-refractivity contribution is 5.57. The van der Waals surface area contributed by atoms with Crippen molar-refractivity contribution in [2.75, 3.05) is 24.3 Å². The van der Waals surface area contributed by atoms with Crippen molar-refractivity contribution < 1.29 is 0 Å². The molecule has 3 rings (SSSR count). The second-order valence-electron chi connectivity index (χ2n) is 5.82. The smallest absolute Gasteiger partial charge is 0.0400 e. The molecule has 1 aliphatic carbocycles. The molecule has 0 saturated heterocycles. The van der Waals surface area contributed by atoms with Gasteiger partial charge in [-0.05, 0) is 48.1 Å². The molecule has 1 fully saturated rings. The van der Waals surface area contributed by atoms with Crippen LogP contribution in [0.1, 0.15) is 29.9 Å². The van der Waals surface area contributed by atoms with E-state index in [4.69, 9.17) is 0 Å². The number of benzene rings is 2. The number of hydrogen-bond donors (Lipinski definition) is 1. The Morgan fingerprint density at radius 2 is 1.85 bits per heavy atom. The van der Waals surface area contributed by atoms with Crippen LogP contribution in [0.15, 0.2) is 48.5 Å². The molecule has 1 saturated carbocycles. The maximum absolute atomic E-state index is 3.52. The molecular weight excluding hydrogens is 244 g/mol. The zero-order valence-electron chi connectivity index (χ0n) is 12.3. The topological polar surface area (TPSA) is 15.3 Å². The Hall–Kier alpha value is -1.96. The van der Waals surface area contributed by atoms with Crippen LogP contribution in [0.25, 0.3) is 0 Å². The van der Waals surface area contributed by atoms with Crippen molar-refractivity contribution in [2.24, 2.45) is 0 Å². The van der Waals surface area contributed by atoms with Crippen molar-refractivity contribution in [1.29, 1.82) is 0 Å². The molecule has 0 heterocycles. The fourth-order valence-corrected chi connectivity index (χ4v) is 2.47. The summed E-state index contributed by atoms with van der Waals surface area (Å²) in [6.07, 6.45) is 2.73. The molecule has 0 aliphatic heterocycles. The van der Waals surface area contributed by atoms with Crippen molar-refractivity contribution in [3.05, 3.63) is 59.7 Å². The lowest BCUT2D eigenvalue weighted by Crippen LogP contribution is -2.09. The van der Waals surface area contributed by atoms with Gasteiger partial charge in [0, 0.05) is 32.0 Å². The average Bonchev–Trinajstić information content (AvgIpc) is 3.30. The highest BCUT2D eigenvalue weighted by atomic mass is 15.1. The van der Waals surface area contributed by atoms with Crippen LogP contribution in [0.2, 0.25) is 0 Å². The summed E-state index contributed by atoms with van der Waals surface area (Å²) < 4.78 is 0. The molecule has 2 nitrogen and oxygen atoms in total. The minimum absolute atomic E-state index is 0.826. The fraction of sp³-hybridized carbons (Fsp3) is 0.333. The second kappa shape index (κ2) is 5.58. The lowest BCUT2D eigenvalue weighted by atomic mass is 10.1. The molecule has 1 aliphatic rings. The van der Waals surface area contributed by atoms with E-state index in [1.807, 2.05) is 0 Å². The zero-order chi connectivity index (χ0) is 13.9. The van der Waals surface area contributed by atoms with Gasteiger partial charge in [0.1, 0.15) is 0 Å². The van der Waals surface area contributed by atoms with Gasteiger partial charge in [0.2, 0.25) is 0 Å². The van der Waals surface area contributed by atoms with Gasteiger partial charge in [-0.25, -0.2) is 0 Å². The van der Waals surface area contributed by atoms with Crippen LogP contribution in [0.5, 0.6) is 0 Å². The molecule has 2 aromatic rings. The number of anilines is 2. The fourth-order valence-electron chi connectivity index (χ4n) is 2.47. The van der Waals surface area contributed by atoms with Crippen LogP contribution >= 0.6 is 0 Å². The standard InChI is InChI=1S/C18H22N2/c1-20(2)18-8-4-7-17(12-18)19-13-14-5-3-6-16(11-14)15-9-10-15/h3-8,11-12,15,19H,9-10,13H2,1-2H3. The summed E-state index contributed by atoms with van der Waals surface area (Å²) in [5.41, 5.74) is 5.27. The Bertz CT molecular complexity index is 540. The van der Waals surface area contributed by atoms with E-state index >= 15 is 0 Å². The van der Waals surface area contributed by atoms with Gasteiger partial charge in [0.25, 0.3) is 0 Å². The van der Waals surface area contributed by atoms with E-state index in [9.17, 15) is 0 Å². The van der Waals surface area contributed by atoms with Crippen LogP contribution in [0.3, 0.4) is 0 Å². The third kappa shape index (κ3) is 3.13. The Balaban J connectivity index is 1.66. The van der Waals surface area contributed by atoms with E-state index in [-0.39, 0.29) is 0 Å². The number of hydrogen-bond acceptors (Lipinski definition) is 2. The molecule has 0 spiro atoms. The van der Waals surface area contributed by atoms with E-state index in [1.165, 1.54) is 35.3 Å². The molecule has 20 heavy (non-hydrogen) atoms. The van der Waals surface area contributed by atoms with Gasteiger partial charge in [0.15, 0.2) is 0 Å². The first-order chi connectivity index (χ1) is 9.72. The molecular formula is C18H22N2. The molecule has 0 aromatic heterocycles. The molecule has 0 bridgehead atoms. The summed E-state index contributed by atoms with van der Waals surface area (Å²) in [6, 6.07) is 17.5. The van der Waals surface area contributed by atoms with Crippen molar-refractivity contribution in [3.8, 4) is 0 Å². The molecule has 104 valence electrons. The third-order valence-electron chi connectivity index (χ3n) is 3.86. The highest BCUT2D eigenvalue weighted by Gasteiger charge is 2.23. The number of nitrogens with one attached hydrogen (secondary N) is 1. The predicted molar refractivity (Wildman–Crippen MR) is 86.5 cm³/mol. The normalized spacial score (nSPS) is 14.1. The van der Waals surface area contributed by atoms with Gasteiger partial charge in [-0.15, -0.1) is 0 Å². The number of nitrogens with zero attached hydrogens (tertiary/aromatic N) is 1. The summed E-state index contributed by atoms with van der Waals surface area (Å²) in [7, 11) is 4.14. The molecule has 0 atom stereocenters. The Morgan fingerprint density at radius 3 is 2.60 bits per heavy atom. The van der Waals surface area contributed by atoms with Crippen LogP contribution in [0.4, 0.5) is 11.4 Å². The van der Waals surface area contributed by atoms with E-state index in [2.05, 4.69) is 72.8 Å². The predicted octanol–water partition coefficient (Wildman–Crippen LogP) is 4.24. The second-order valence-corrected chi connectivity index (χ2v) is 5.82. The SMILES string of the molecule is CN(C)c1cccc(NCc2cccc(C3CC3)c2)c1. The van der Waals surface area contributed by atoms with Gasteiger partial charge in [-0.3, -0.25) is 0 Å². The monoisotopic (exact) mass is 266 g/mol. The average molecular weight is 266 g/mol. The van der Waals surface area contributed by atoms with Crippen molar-refractivity contribution in [1.82, 2.24) is 0 Å². The summed E-state index contributed by atoms with van der Waals surface area (Å²) >= 11 is 0. The molecule has 2 aromatic carbocycles. The lowest BCUT2D eigenvalue weighted by Gasteiger charge is -2.14. The van der Waals surface area contributed by atoms with Crippen molar-refractivity contribution in [3.63, 3.8) is 0 Å². The number of rotatable bonds is 5. The minimum atomic E-state index is 0.826. The van der Waals surface area contributed by atoms with Crippen LogP contribution < -0.4 is 10.2 Å². The molecule has 1 N–H and O–H groups in total. The summed E-state index contributed by atoms with van der Waals surface area (Å²) in [5.74, 6) is 0.826. The van der Waals surface area contributed by atoms with E-state index in [1.54, 1.807) is 0 Å². The van der Waals surface area contributed by atoms with Gasteiger partial charge >= 0.3 is 0 Å². The van der Waals surface area contributed by atoms with Crippen LogP contribution in [-0.2, 0) is 6.54 Å². The highest BCUT2D eigenvalue weighted by Crippen LogP contribution is 2.40. The van der Waals surface area contributed by atoms with Gasteiger partial charge in [-0.2, -0.15) is 0 Å². The first-order valence-corrected chi connectivity index (χ1v) is 7.32. The third-order valence-corrected chi connectivity index (χ3v) is 3.86. The molecule has 0 radical (unpaired) electrons. The quantitative estimate of drug-likeness (QED) is 0.870. The largest absolute Gasteiger partial charge is 0.381 e. The van der Waals surface area contributed by atoms with Gasteiger partial charge in [0.05, 0.1) is 0 Å². The Labute approximate surface area is 121 Å². The lowest BCUT2D eigenvalue weighted by molar-refractivity contribution is 1.08. The zero-order valence-corrected chi connectivity index (χ0v) is 12.3. The molecule has 2 heteroatoms. The summed E-state index contributed by atoms with van der Waals surface area (Å²) in [6.45, 7) is 0.886. The van der Waals surface area contributed by atoms with Gasteiger partial charge in [-0.1, -0.05) is 30.3 Å². The Kier molecular flexibility index (Phi) is 3.64. The molecule has 0 amide bonds.